The largest absolute Gasteiger partial charge is 0.398 e. The van der Waals surface area contributed by atoms with Gasteiger partial charge in [-0.05, 0) is 43.3 Å². The molecule has 0 fully saturated rings. The number of nitrogens with one attached hydrogen (secondary N) is 1. The number of aldehydes is 1. The van der Waals surface area contributed by atoms with Crippen LogP contribution in [0.25, 0.3) is 0 Å². The summed E-state index contributed by atoms with van der Waals surface area (Å²) >= 11 is 5.49. The number of halogens is 1. The number of rotatable bonds is 5. The maximum atomic E-state index is 11.1. The highest BCUT2D eigenvalue weighted by Crippen LogP contribution is 2.28. The van der Waals surface area contributed by atoms with Crippen molar-refractivity contribution >= 4 is 61.0 Å². The fourth-order valence-corrected chi connectivity index (χ4v) is 3.99. The van der Waals surface area contributed by atoms with Crippen LogP contribution in [0.4, 0.5) is 22.9 Å². The molecule has 12 nitrogen and oxygen atoms in total. The average molecular weight is 518 g/mol. The number of carbonyl (C=O) groups excluding carboxylic acids is 1. The van der Waals surface area contributed by atoms with E-state index in [1.165, 1.54) is 28.9 Å². The normalized spacial score (nSPS) is 11.4. The Balaban J connectivity index is 0.000000273. The lowest BCUT2D eigenvalue weighted by molar-refractivity contribution is 0.112. The maximum absolute atomic E-state index is 11.1. The molecule has 1 heterocycles. The van der Waals surface area contributed by atoms with Gasteiger partial charge in [-0.25, -0.2) is 0 Å². The molecule has 178 valence electrons. The van der Waals surface area contributed by atoms with Crippen LogP contribution < -0.4 is 16.8 Å². The molecule has 0 radical (unpaired) electrons. The monoisotopic (exact) mass is 517 g/mol. The zero-order valence-corrected chi connectivity index (χ0v) is 19.6. The molecule has 0 bridgehead atoms. The minimum atomic E-state index is -4.37. The van der Waals surface area contributed by atoms with Gasteiger partial charge in [-0.3, -0.25) is 18.6 Å². The number of nitrogen functional groups attached to an aromatic ring is 2. The number of aryl methyl sites for hydroxylation is 2. The number of nitrogens with two attached hydrogens (primary N) is 2. The third-order valence-corrected chi connectivity index (χ3v) is 6.22. The zero-order chi connectivity index (χ0) is 25.1. The summed E-state index contributed by atoms with van der Waals surface area (Å²) in [5.74, 6) is 0.482. The maximum Gasteiger partial charge on any atom is 0.296 e. The Bertz CT molecular complexity index is 1420. The fraction of sp³-hybridized carbons (Fsp3) is 0.111. The van der Waals surface area contributed by atoms with E-state index in [9.17, 15) is 21.6 Å². The molecular weight excluding hydrogens is 498 g/mol. The van der Waals surface area contributed by atoms with E-state index in [2.05, 4.69) is 10.4 Å². The lowest BCUT2D eigenvalue weighted by Crippen LogP contribution is -2.05. The summed E-state index contributed by atoms with van der Waals surface area (Å²) in [5, 5.41) is 7.26. The number of carbonyl (C=O) groups is 1. The molecule has 0 atom stereocenters. The molecule has 1 aromatic heterocycles. The van der Waals surface area contributed by atoms with Crippen molar-refractivity contribution in [3.63, 3.8) is 0 Å². The predicted octanol–water partition coefficient (Wildman–Crippen LogP) is 2.28. The van der Waals surface area contributed by atoms with Crippen molar-refractivity contribution in [1.29, 1.82) is 0 Å². The summed E-state index contributed by atoms with van der Waals surface area (Å²) in [6.07, 6.45) is 0.483. The molecule has 33 heavy (non-hydrogen) atoms. The highest BCUT2D eigenvalue weighted by atomic mass is 35.5. The van der Waals surface area contributed by atoms with Gasteiger partial charge in [-0.15, -0.1) is 0 Å². The van der Waals surface area contributed by atoms with Crippen LogP contribution in [0.15, 0.2) is 46.2 Å². The highest BCUT2D eigenvalue weighted by Gasteiger charge is 2.16. The van der Waals surface area contributed by atoms with Gasteiger partial charge >= 0.3 is 0 Å². The molecule has 3 rings (SSSR count). The molecule has 0 saturated heterocycles. The second kappa shape index (κ2) is 9.76. The molecule has 0 unspecified atom stereocenters. The van der Waals surface area contributed by atoms with Crippen LogP contribution in [0, 0.1) is 6.92 Å². The lowest BCUT2D eigenvalue weighted by atomic mass is 10.2. The van der Waals surface area contributed by atoms with E-state index in [0.29, 0.717) is 29.2 Å². The number of hydrogen-bond donors (Lipinski definition) is 5. The lowest BCUT2D eigenvalue weighted by Gasteiger charge is -2.10. The van der Waals surface area contributed by atoms with Gasteiger partial charge in [0.2, 0.25) is 0 Å². The minimum absolute atomic E-state index is 0.0260. The first kappa shape index (κ1) is 26.1. The van der Waals surface area contributed by atoms with Crippen molar-refractivity contribution in [3.05, 3.63) is 52.7 Å². The first-order valence-electron chi connectivity index (χ1n) is 8.80. The Kier molecular flexibility index (Phi) is 7.72. The van der Waals surface area contributed by atoms with Gasteiger partial charge in [0, 0.05) is 17.6 Å². The summed E-state index contributed by atoms with van der Waals surface area (Å²) in [6, 6.07) is 7.46. The zero-order valence-electron chi connectivity index (χ0n) is 17.2. The van der Waals surface area contributed by atoms with Crippen molar-refractivity contribution in [1.82, 2.24) is 9.78 Å². The van der Waals surface area contributed by atoms with Crippen LogP contribution >= 0.6 is 11.6 Å². The highest BCUT2D eigenvalue weighted by molar-refractivity contribution is 7.86. The Labute approximate surface area is 194 Å². The van der Waals surface area contributed by atoms with Crippen molar-refractivity contribution in [3.8, 4) is 0 Å². The molecule has 3 aromatic rings. The number of anilines is 4. The number of aromatic nitrogens is 2. The van der Waals surface area contributed by atoms with E-state index in [1.54, 1.807) is 14.0 Å². The molecular formula is C18H20ClN5O7S2. The summed E-state index contributed by atoms with van der Waals surface area (Å²) in [5.41, 5.74) is 12.6. The molecule has 0 spiro atoms. The van der Waals surface area contributed by atoms with Gasteiger partial charge in [0.1, 0.15) is 4.90 Å². The second-order valence-corrected chi connectivity index (χ2v) is 9.84. The van der Waals surface area contributed by atoms with Crippen LogP contribution in [-0.4, -0.2) is 42.0 Å². The first-order valence-corrected chi connectivity index (χ1v) is 12.1. The van der Waals surface area contributed by atoms with Gasteiger partial charge in [-0.1, -0.05) is 11.6 Å². The molecule has 0 aliphatic rings. The van der Waals surface area contributed by atoms with Gasteiger partial charge in [0.25, 0.3) is 20.2 Å². The standard InChI is InChI=1S/C12H14N4O4S.C6H6ClNO3S/c1-7-11(13)12(16(2)15-7)14-10-4-3-9(21(18,19)20)5-8(10)6-17;7-4-1-2-5(8)6(3-4)12(9,10)11/h3-6,14H,13H2,1-2H3,(H,18,19,20);1-3H,8H2,(H,9,10,11). The topological polar surface area (TPSA) is 208 Å². The van der Waals surface area contributed by atoms with E-state index in [-0.39, 0.29) is 26.1 Å². The Morgan fingerprint density at radius 2 is 1.70 bits per heavy atom. The molecule has 15 heteroatoms. The molecule has 7 N–H and O–H groups in total. The third-order valence-electron chi connectivity index (χ3n) is 4.22. The van der Waals surface area contributed by atoms with Gasteiger partial charge in [0.15, 0.2) is 12.1 Å². The van der Waals surface area contributed by atoms with Crippen LogP contribution in [0.5, 0.6) is 0 Å². The first-order chi connectivity index (χ1) is 15.1. The smallest absolute Gasteiger partial charge is 0.296 e. The van der Waals surface area contributed by atoms with Gasteiger partial charge in [0.05, 0.1) is 27.7 Å². The molecule has 2 aromatic carbocycles. The average Bonchev–Trinajstić information content (AvgIpc) is 2.95. The predicted molar refractivity (Wildman–Crippen MR) is 123 cm³/mol. The van der Waals surface area contributed by atoms with Crippen molar-refractivity contribution < 1.29 is 30.7 Å². The van der Waals surface area contributed by atoms with Crippen molar-refractivity contribution in [2.45, 2.75) is 16.7 Å². The Morgan fingerprint density at radius 1 is 1.06 bits per heavy atom. The van der Waals surface area contributed by atoms with E-state index in [4.69, 9.17) is 32.2 Å². The summed E-state index contributed by atoms with van der Waals surface area (Å²) in [4.78, 5) is 10.4. The minimum Gasteiger partial charge on any atom is -0.398 e. The Hall–Kier alpha value is -3.17. The van der Waals surface area contributed by atoms with Crippen molar-refractivity contribution in [2.75, 3.05) is 16.8 Å². The van der Waals surface area contributed by atoms with E-state index in [1.807, 2.05) is 0 Å². The van der Waals surface area contributed by atoms with Gasteiger partial charge < -0.3 is 16.8 Å². The number of benzene rings is 2. The summed E-state index contributed by atoms with van der Waals surface area (Å²) in [7, 11) is -6.95. The van der Waals surface area contributed by atoms with Crippen LogP contribution in [0.2, 0.25) is 5.02 Å². The third kappa shape index (κ3) is 6.43. The molecule has 0 aliphatic heterocycles. The van der Waals surface area contributed by atoms with E-state index in [0.717, 1.165) is 12.1 Å². The fourth-order valence-electron chi connectivity index (χ4n) is 2.59. The summed E-state index contributed by atoms with van der Waals surface area (Å²) in [6.45, 7) is 1.74. The molecule has 0 aliphatic carbocycles. The molecule has 0 saturated carbocycles. The van der Waals surface area contributed by atoms with Crippen LogP contribution in [-0.2, 0) is 27.3 Å². The van der Waals surface area contributed by atoms with Crippen molar-refractivity contribution in [2.24, 2.45) is 7.05 Å². The van der Waals surface area contributed by atoms with E-state index >= 15 is 0 Å². The van der Waals surface area contributed by atoms with Crippen LogP contribution in [0.1, 0.15) is 16.1 Å². The summed E-state index contributed by atoms with van der Waals surface area (Å²) < 4.78 is 62.5. The number of hydrogen-bond acceptors (Lipinski definition) is 9. The van der Waals surface area contributed by atoms with Crippen LogP contribution in [0.3, 0.4) is 0 Å². The Morgan fingerprint density at radius 3 is 2.15 bits per heavy atom. The SMILES string of the molecule is Cc1nn(C)c(Nc2ccc(S(=O)(=O)O)cc2C=O)c1N.Nc1ccc(Cl)cc1S(=O)(=O)O. The van der Waals surface area contributed by atoms with E-state index < -0.39 is 20.2 Å². The quantitative estimate of drug-likeness (QED) is 0.188. The van der Waals surface area contributed by atoms with Gasteiger partial charge in [-0.2, -0.15) is 21.9 Å². The second-order valence-electron chi connectivity index (χ2n) is 6.60. The molecule has 0 amide bonds. The number of nitrogens with zero attached hydrogens (tertiary/aromatic N) is 2.